The lowest BCUT2D eigenvalue weighted by atomic mass is 9.94. The molecule has 0 spiro atoms. The van der Waals surface area contributed by atoms with Gasteiger partial charge in [-0.1, -0.05) is 18.2 Å². The molecule has 1 unspecified atom stereocenters. The Labute approximate surface area is 81.4 Å². The molecular weight excluding hydrogens is 184 g/mol. The molecule has 0 aliphatic heterocycles. The Kier molecular flexibility index (Phi) is 2.86. The van der Waals surface area contributed by atoms with Crippen molar-refractivity contribution < 1.29 is 14.3 Å². The van der Waals surface area contributed by atoms with Gasteiger partial charge in [-0.15, -0.1) is 0 Å². The summed E-state index contributed by atoms with van der Waals surface area (Å²) < 4.78 is 13.1. The summed E-state index contributed by atoms with van der Waals surface area (Å²) in [5.41, 5.74) is 4.39. The number of rotatable bonds is 3. The fourth-order valence-corrected chi connectivity index (χ4v) is 1.11. The summed E-state index contributed by atoms with van der Waals surface area (Å²) >= 11 is 0. The third-order valence-electron chi connectivity index (χ3n) is 2.00. The molecule has 0 saturated carbocycles. The SMILES string of the molecule is CC(N)(Cc1ccccc1[18F])C(=O)O. The van der Waals surface area contributed by atoms with Gasteiger partial charge < -0.3 is 10.8 Å². The number of nitrogens with two attached hydrogens (primary N) is 1. The number of aliphatic carboxylic acids is 1. The van der Waals surface area contributed by atoms with Crippen molar-refractivity contribution in [3.05, 3.63) is 35.6 Å². The van der Waals surface area contributed by atoms with Crippen molar-refractivity contribution in [1.29, 1.82) is 0 Å². The van der Waals surface area contributed by atoms with Crippen LogP contribution in [0.5, 0.6) is 0 Å². The van der Waals surface area contributed by atoms with E-state index in [9.17, 15) is 9.18 Å². The average Bonchev–Trinajstić information content (AvgIpc) is 2.08. The van der Waals surface area contributed by atoms with Gasteiger partial charge in [0.2, 0.25) is 0 Å². The van der Waals surface area contributed by atoms with Crippen LogP contribution in [-0.2, 0) is 11.2 Å². The average molecular weight is 196 g/mol. The van der Waals surface area contributed by atoms with Crippen LogP contribution in [0.25, 0.3) is 0 Å². The highest BCUT2D eigenvalue weighted by Crippen LogP contribution is 2.14. The van der Waals surface area contributed by atoms with E-state index in [4.69, 9.17) is 10.8 Å². The zero-order valence-corrected chi connectivity index (χ0v) is 7.83. The van der Waals surface area contributed by atoms with Gasteiger partial charge in [-0.05, 0) is 18.6 Å². The monoisotopic (exact) mass is 196 g/mol. The summed E-state index contributed by atoms with van der Waals surface area (Å²) in [7, 11) is 0. The number of hydrogen-bond donors (Lipinski definition) is 2. The first kappa shape index (κ1) is 10.7. The first-order chi connectivity index (χ1) is 6.43. The van der Waals surface area contributed by atoms with Crippen molar-refractivity contribution in [2.75, 3.05) is 0 Å². The quantitative estimate of drug-likeness (QED) is 0.762. The number of halogens is 1. The lowest BCUT2D eigenvalue weighted by Crippen LogP contribution is -2.47. The molecule has 0 radical (unpaired) electrons. The van der Waals surface area contributed by atoms with Gasteiger partial charge >= 0.3 is 5.97 Å². The predicted molar refractivity (Wildman–Crippen MR) is 50.3 cm³/mol. The zero-order valence-electron chi connectivity index (χ0n) is 7.83. The molecule has 4 heteroatoms. The number of carboxylic acids is 1. The standard InChI is InChI=1S/C10H12FNO2/c1-10(12,9(13)14)6-7-4-2-3-5-8(7)11/h2-5H,6,12H2,1H3,(H,13,14)/i11-1. The maximum Gasteiger partial charge on any atom is 0.323 e. The third-order valence-corrected chi connectivity index (χ3v) is 2.00. The van der Waals surface area contributed by atoms with Gasteiger partial charge in [-0.25, -0.2) is 4.39 Å². The second kappa shape index (κ2) is 3.75. The highest BCUT2D eigenvalue weighted by Gasteiger charge is 2.28. The van der Waals surface area contributed by atoms with E-state index < -0.39 is 17.3 Å². The lowest BCUT2D eigenvalue weighted by Gasteiger charge is -2.19. The van der Waals surface area contributed by atoms with Crippen LogP contribution in [-0.4, -0.2) is 16.6 Å². The molecule has 0 saturated heterocycles. The Bertz CT molecular complexity index is 350. The third kappa shape index (κ3) is 2.29. The largest absolute Gasteiger partial charge is 0.480 e. The molecule has 0 bridgehead atoms. The fraction of sp³-hybridized carbons (Fsp3) is 0.300. The van der Waals surface area contributed by atoms with Gasteiger partial charge in [0, 0.05) is 6.42 Å². The molecule has 1 atom stereocenters. The van der Waals surface area contributed by atoms with Gasteiger partial charge in [-0.3, -0.25) is 4.79 Å². The van der Waals surface area contributed by atoms with E-state index in [1.165, 1.54) is 19.1 Å². The van der Waals surface area contributed by atoms with Crippen molar-refractivity contribution in [2.24, 2.45) is 5.73 Å². The molecule has 0 heterocycles. The topological polar surface area (TPSA) is 63.3 Å². The van der Waals surface area contributed by atoms with Gasteiger partial charge in [0.15, 0.2) is 0 Å². The molecule has 1 aromatic carbocycles. The van der Waals surface area contributed by atoms with Crippen molar-refractivity contribution in [3.63, 3.8) is 0 Å². The molecule has 76 valence electrons. The van der Waals surface area contributed by atoms with Crippen molar-refractivity contribution in [2.45, 2.75) is 18.9 Å². The highest BCUT2D eigenvalue weighted by atomic mass is 18.2. The van der Waals surface area contributed by atoms with Gasteiger partial charge in [0.25, 0.3) is 0 Å². The Hall–Kier alpha value is -1.42. The first-order valence-electron chi connectivity index (χ1n) is 4.19. The normalized spacial score (nSPS) is 14.8. The molecule has 0 aliphatic carbocycles. The first-order valence-corrected chi connectivity index (χ1v) is 4.19. The second-order valence-electron chi connectivity index (χ2n) is 3.49. The minimum atomic E-state index is -1.43. The van der Waals surface area contributed by atoms with Crippen molar-refractivity contribution in [1.82, 2.24) is 0 Å². The molecule has 0 aliphatic rings. The van der Waals surface area contributed by atoms with E-state index in [-0.39, 0.29) is 6.42 Å². The van der Waals surface area contributed by atoms with Crippen LogP contribution in [0, 0.1) is 5.82 Å². The summed E-state index contributed by atoms with van der Waals surface area (Å²) in [6.07, 6.45) is -0.0188. The molecule has 14 heavy (non-hydrogen) atoms. The Morgan fingerprint density at radius 3 is 2.64 bits per heavy atom. The van der Waals surface area contributed by atoms with Crippen LogP contribution < -0.4 is 5.73 Å². The minimum absolute atomic E-state index is 0.0188. The number of carboxylic acid groups (broad SMARTS) is 1. The zero-order chi connectivity index (χ0) is 10.8. The summed E-state index contributed by atoms with van der Waals surface area (Å²) in [5, 5.41) is 8.75. The molecule has 0 amide bonds. The van der Waals surface area contributed by atoms with Crippen LogP contribution in [0.15, 0.2) is 24.3 Å². The van der Waals surface area contributed by atoms with E-state index in [0.717, 1.165) is 0 Å². The molecule has 0 aromatic heterocycles. The van der Waals surface area contributed by atoms with Crippen LogP contribution in [0.3, 0.4) is 0 Å². The van der Waals surface area contributed by atoms with Gasteiger partial charge in [-0.2, -0.15) is 0 Å². The van der Waals surface area contributed by atoms with E-state index in [2.05, 4.69) is 0 Å². The minimum Gasteiger partial charge on any atom is -0.480 e. The van der Waals surface area contributed by atoms with Crippen LogP contribution >= 0.6 is 0 Å². The number of carbonyl (C=O) groups is 1. The Morgan fingerprint density at radius 2 is 2.14 bits per heavy atom. The van der Waals surface area contributed by atoms with Crippen LogP contribution in [0.4, 0.5) is 4.39 Å². The highest BCUT2D eigenvalue weighted by molar-refractivity contribution is 5.78. The van der Waals surface area contributed by atoms with E-state index in [0.29, 0.717) is 5.56 Å². The maximum absolute atomic E-state index is 13.1. The second-order valence-corrected chi connectivity index (χ2v) is 3.49. The molecule has 1 aromatic rings. The summed E-state index contributed by atoms with van der Waals surface area (Å²) in [4.78, 5) is 10.7. The summed E-state index contributed by atoms with van der Waals surface area (Å²) in [6.45, 7) is 1.36. The van der Waals surface area contributed by atoms with Crippen LogP contribution in [0.1, 0.15) is 12.5 Å². The van der Waals surface area contributed by atoms with E-state index in [1.54, 1.807) is 12.1 Å². The van der Waals surface area contributed by atoms with Crippen molar-refractivity contribution >= 4 is 5.97 Å². The molecule has 0 fully saturated rings. The number of hydrogen-bond acceptors (Lipinski definition) is 2. The maximum atomic E-state index is 13.1. The van der Waals surface area contributed by atoms with Gasteiger partial charge in [0.1, 0.15) is 11.4 Å². The fourth-order valence-electron chi connectivity index (χ4n) is 1.11. The van der Waals surface area contributed by atoms with E-state index >= 15 is 0 Å². The molecule has 1 rings (SSSR count). The molecular formula is C10H12FNO2. The predicted octanol–water partition coefficient (Wildman–Crippen LogP) is 1.17. The van der Waals surface area contributed by atoms with Gasteiger partial charge in [0.05, 0.1) is 0 Å². The van der Waals surface area contributed by atoms with Crippen molar-refractivity contribution in [3.8, 4) is 0 Å². The lowest BCUT2D eigenvalue weighted by molar-refractivity contribution is -0.142. The van der Waals surface area contributed by atoms with E-state index in [1.807, 2.05) is 0 Å². The van der Waals surface area contributed by atoms with Crippen LogP contribution in [0.2, 0.25) is 0 Å². The Morgan fingerprint density at radius 1 is 1.57 bits per heavy atom. The Balaban J connectivity index is 2.89. The summed E-state index contributed by atoms with van der Waals surface area (Å²) in [6, 6.07) is 6.01. The molecule has 3 N–H and O–H groups in total. The molecule has 3 nitrogen and oxygen atoms in total. The number of benzene rings is 1. The summed E-state index contributed by atoms with van der Waals surface area (Å²) in [5.74, 6) is -1.56. The smallest absolute Gasteiger partial charge is 0.323 e.